The van der Waals surface area contributed by atoms with Crippen LogP contribution >= 0.6 is 0 Å². The van der Waals surface area contributed by atoms with E-state index >= 15 is 0 Å². The van der Waals surface area contributed by atoms with Gasteiger partial charge in [-0.25, -0.2) is 8.42 Å². The lowest BCUT2D eigenvalue weighted by atomic mass is 10.3. The molecule has 1 N–H and O–H groups in total. The summed E-state index contributed by atoms with van der Waals surface area (Å²) >= 11 is 0. The lowest BCUT2D eigenvalue weighted by Crippen LogP contribution is -2.02. The molecule has 0 saturated carbocycles. The molecule has 0 saturated heterocycles. The summed E-state index contributed by atoms with van der Waals surface area (Å²) in [6.07, 6.45) is 3.01. The first-order valence-electron chi connectivity index (χ1n) is 5.44. The predicted molar refractivity (Wildman–Crippen MR) is 70.8 cm³/mol. The van der Waals surface area contributed by atoms with Gasteiger partial charge in [0.2, 0.25) is 0 Å². The third-order valence-electron chi connectivity index (χ3n) is 2.57. The van der Waals surface area contributed by atoms with Crippen molar-refractivity contribution in [2.75, 3.05) is 11.6 Å². The fraction of sp³-hybridized carbons (Fsp3) is 0.250. The van der Waals surface area contributed by atoms with Crippen molar-refractivity contribution in [3.8, 4) is 0 Å². The van der Waals surface area contributed by atoms with E-state index in [9.17, 15) is 8.42 Å². The molecule has 1 aromatic heterocycles. The molecular weight excluding hydrogens is 250 g/mol. The van der Waals surface area contributed by atoms with Gasteiger partial charge in [-0.2, -0.15) is 5.10 Å². The lowest BCUT2D eigenvalue weighted by molar-refractivity contribution is 0.602. The molecule has 0 spiro atoms. The molecule has 0 aliphatic carbocycles. The Hall–Kier alpha value is -1.82. The zero-order chi connectivity index (χ0) is 13.3. The summed E-state index contributed by atoms with van der Waals surface area (Å²) in [6, 6.07) is 6.83. The Morgan fingerprint density at radius 3 is 2.44 bits per heavy atom. The first kappa shape index (κ1) is 12.6. The molecule has 0 aliphatic rings. The summed E-state index contributed by atoms with van der Waals surface area (Å²) < 4.78 is 25.0. The van der Waals surface area contributed by atoms with Crippen LogP contribution in [-0.2, 0) is 16.9 Å². The number of nitrogens with one attached hydrogen (secondary N) is 1. The van der Waals surface area contributed by atoms with Gasteiger partial charge in [-0.15, -0.1) is 0 Å². The quantitative estimate of drug-likeness (QED) is 0.920. The summed E-state index contributed by atoms with van der Waals surface area (Å²) in [5.74, 6) is 0. The minimum atomic E-state index is -3.25. The van der Waals surface area contributed by atoms with Crippen molar-refractivity contribution in [2.45, 2.75) is 11.8 Å². The zero-order valence-electron chi connectivity index (χ0n) is 10.5. The van der Waals surface area contributed by atoms with Crippen molar-refractivity contribution in [1.82, 2.24) is 9.78 Å². The highest BCUT2D eigenvalue weighted by Gasteiger charge is 2.13. The maximum atomic E-state index is 11.7. The van der Waals surface area contributed by atoms with Crippen molar-refractivity contribution in [1.29, 1.82) is 0 Å². The molecule has 0 radical (unpaired) electrons. The second kappa shape index (κ2) is 4.45. The molecule has 1 aromatic carbocycles. The third kappa shape index (κ3) is 2.53. The second-order valence-corrected chi connectivity index (χ2v) is 6.18. The molecule has 2 aromatic rings. The van der Waals surface area contributed by atoms with Crippen LogP contribution in [0.25, 0.3) is 0 Å². The Labute approximate surface area is 106 Å². The van der Waals surface area contributed by atoms with Crippen LogP contribution in [0.15, 0.2) is 35.4 Å². The molecule has 0 aliphatic heterocycles. The first-order chi connectivity index (χ1) is 8.38. The van der Waals surface area contributed by atoms with Crippen LogP contribution in [0.1, 0.15) is 5.69 Å². The number of aryl methyl sites for hydroxylation is 2. The second-order valence-electron chi connectivity index (χ2n) is 4.20. The molecule has 0 bridgehead atoms. The molecule has 0 fully saturated rings. The zero-order valence-corrected chi connectivity index (χ0v) is 11.3. The monoisotopic (exact) mass is 265 g/mol. The van der Waals surface area contributed by atoms with Gasteiger partial charge in [0.15, 0.2) is 9.84 Å². The van der Waals surface area contributed by atoms with Gasteiger partial charge in [0.25, 0.3) is 0 Å². The highest BCUT2D eigenvalue weighted by atomic mass is 32.2. The first-order valence-corrected chi connectivity index (χ1v) is 7.33. The number of benzene rings is 1. The Kier molecular flexibility index (Phi) is 3.13. The van der Waals surface area contributed by atoms with Gasteiger partial charge in [-0.05, 0) is 19.1 Å². The van der Waals surface area contributed by atoms with Crippen molar-refractivity contribution >= 4 is 21.2 Å². The van der Waals surface area contributed by atoms with E-state index in [-0.39, 0.29) is 4.90 Å². The highest BCUT2D eigenvalue weighted by Crippen LogP contribution is 2.25. The Balaban J connectivity index is 2.44. The summed E-state index contributed by atoms with van der Waals surface area (Å²) in [7, 11) is -1.43. The van der Waals surface area contributed by atoms with Crippen LogP contribution in [0, 0.1) is 6.92 Å². The van der Waals surface area contributed by atoms with E-state index in [0.29, 0.717) is 5.69 Å². The van der Waals surface area contributed by atoms with Crippen LogP contribution < -0.4 is 5.32 Å². The van der Waals surface area contributed by atoms with E-state index in [2.05, 4.69) is 10.4 Å². The van der Waals surface area contributed by atoms with Gasteiger partial charge >= 0.3 is 0 Å². The van der Waals surface area contributed by atoms with Gasteiger partial charge in [-0.1, -0.05) is 12.1 Å². The number of hydrogen-bond acceptors (Lipinski definition) is 4. The van der Waals surface area contributed by atoms with Gasteiger partial charge in [0, 0.05) is 19.5 Å². The molecule has 6 heteroatoms. The van der Waals surface area contributed by atoms with E-state index in [1.807, 2.05) is 20.2 Å². The Morgan fingerprint density at radius 1 is 1.22 bits per heavy atom. The molecule has 18 heavy (non-hydrogen) atoms. The number of nitrogens with zero attached hydrogens (tertiary/aromatic N) is 2. The summed E-state index contributed by atoms with van der Waals surface area (Å²) in [5.41, 5.74) is 2.19. The Morgan fingerprint density at radius 2 is 1.89 bits per heavy atom. The number of aromatic nitrogens is 2. The molecular formula is C12H15N3O2S. The molecule has 0 amide bonds. The highest BCUT2D eigenvalue weighted by molar-refractivity contribution is 7.90. The molecule has 5 nitrogen and oxygen atoms in total. The SMILES string of the molecule is Cc1nn(C)cc1Nc1ccccc1S(C)(=O)=O. The molecule has 2 rings (SSSR count). The summed E-state index contributed by atoms with van der Waals surface area (Å²) in [4.78, 5) is 0.285. The normalized spacial score (nSPS) is 11.5. The number of sulfone groups is 1. The van der Waals surface area contributed by atoms with Crippen LogP contribution in [0.2, 0.25) is 0 Å². The molecule has 1 heterocycles. The number of anilines is 2. The van der Waals surface area contributed by atoms with Crippen LogP contribution in [0.3, 0.4) is 0 Å². The van der Waals surface area contributed by atoms with Gasteiger partial charge in [0.05, 0.1) is 22.0 Å². The Bertz CT molecular complexity index is 674. The van der Waals surface area contributed by atoms with E-state index in [1.165, 1.54) is 6.26 Å². The number of hydrogen-bond donors (Lipinski definition) is 1. The van der Waals surface area contributed by atoms with Crippen LogP contribution in [0.4, 0.5) is 11.4 Å². The third-order valence-corrected chi connectivity index (χ3v) is 3.72. The number of rotatable bonds is 3. The van der Waals surface area contributed by atoms with Gasteiger partial charge in [0.1, 0.15) is 0 Å². The van der Waals surface area contributed by atoms with Gasteiger partial charge < -0.3 is 5.32 Å². The van der Waals surface area contributed by atoms with E-state index in [0.717, 1.165) is 11.4 Å². The minimum absolute atomic E-state index is 0.285. The van der Waals surface area contributed by atoms with E-state index < -0.39 is 9.84 Å². The van der Waals surface area contributed by atoms with Crippen molar-refractivity contribution in [3.05, 3.63) is 36.2 Å². The molecule has 96 valence electrons. The topological polar surface area (TPSA) is 64.0 Å². The predicted octanol–water partition coefficient (Wildman–Crippen LogP) is 1.88. The lowest BCUT2D eigenvalue weighted by Gasteiger charge is -2.09. The van der Waals surface area contributed by atoms with Crippen LogP contribution in [-0.4, -0.2) is 24.5 Å². The summed E-state index contributed by atoms with van der Waals surface area (Å²) in [6.45, 7) is 1.87. The van der Waals surface area contributed by atoms with E-state index in [4.69, 9.17) is 0 Å². The molecule has 0 unspecified atom stereocenters. The average molecular weight is 265 g/mol. The molecule has 0 atom stereocenters. The van der Waals surface area contributed by atoms with Crippen molar-refractivity contribution in [3.63, 3.8) is 0 Å². The maximum absolute atomic E-state index is 11.7. The summed E-state index contributed by atoms with van der Waals surface area (Å²) in [5, 5.41) is 7.31. The maximum Gasteiger partial charge on any atom is 0.177 e. The fourth-order valence-electron chi connectivity index (χ4n) is 1.76. The number of para-hydroxylation sites is 1. The van der Waals surface area contributed by atoms with Gasteiger partial charge in [-0.3, -0.25) is 4.68 Å². The standard InChI is InChI=1S/C12H15N3O2S/c1-9-11(8-15(2)14-9)13-10-6-4-5-7-12(10)18(3,16)17/h4-8,13H,1-3H3. The van der Waals surface area contributed by atoms with Crippen molar-refractivity contribution < 1.29 is 8.42 Å². The fourth-order valence-corrected chi connectivity index (χ4v) is 2.60. The smallest absolute Gasteiger partial charge is 0.177 e. The van der Waals surface area contributed by atoms with Crippen molar-refractivity contribution in [2.24, 2.45) is 7.05 Å². The largest absolute Gasteiger partial charge is 0.352 e. The minimum Gasteiger partial charge on any atom is -0.352 e. The van der Waals surface area contributed by atoms with E-state index in [1.54, 1.807) is 28.9 Å². The average Bonchev–Trinajstić information content (AvgIpc) is 2.57. The van der Waals surface area contributed by atoms with Crippen LogP contribution in [0.5, 0.6) is 0 Å².